The lowest BCUT2D eigenvalue weighted by Crippen LogP contribution is -2.50. The normalized spacial score (nSPS) is 35.7. The van der Waals surface area contributed by atoms with E-state index in [1.807, 2.05) is 26.0 Å². The number of likely N-dealkylation sites (tertiary alicyclic amines) is 1. The first-order valence-electron chi connectivity index (χ1n) is 15.7. The van der Waals surface area contributed by atoms with Crippen molar-refractivity contribution < 1.29 is 38.4 Å². The van der Waals surface area contributed by atoms with E-state index in [0.717, 1.165) is 44.3 Å². The van der Waals surface area contributed by atoms with Crippen LogP contribution in [0.3, 0.4) is 0 Å². The standard InChI is InChI=1S/C32H49N3O8/c1-20(9-12-27-30(38)32(19-40-32)18-24(43-27)17-28(33)36)8-11-26-21(2)16-25(23(4)42-26)34-29(37)13-10-22(3)41-31(39)35-14-6-5-7-15-35/h8-10,12-13,21-27,30,38H,5-7,11,14-19H2,1-4H3,(H2,33,36)(H,34,37)/b12-9+,13-10-,20-8+/t21-,22-,23+,24+,25+,26-,27+,30?,32+/m0/s1. The maximum absolute atomic E-state index is 12.6. The summed E-state index contributed by atoms with van der Waals surface area (Å²) in [4.78, 5) is 38.0. The van der Waals surface area contributed by atoms with Crippen molar-refractivity contribution in [2.24, 2.45) is 11.7 Å². The van der Waals surface area contributed by atoms with Crippen LogP contribution in [0.1, 0.15) is 72.6 Å². The zero-order valence-corrected chi connectivity index (χ0v) is 25.9. The van der Waals surface area contributed by atoms with E-state index in [0.29, 0.717) is 19.4 Å². The van der Waals surface area contributed by atoms with E-state index in [1.165, 1.54) is 6.08 Å². The fourth-order valence-electron chi connectivity index (χ4n) is 6.16. The van der Waals surface area contributed by atoms with Gasteiger partial charge in [-0.05, 0) is 64.9 Å². The van der Waals surface area contributed by atoms with Gasteiger partial charge in [0.05, 0.1) is 37.4 Å². The van der Waals surface area contributed by atoms with Crippen molar-refractivity contribution >= 4 is 17.9 Å². The Morgan fingerprint density at radius 1 is 1.16 bits per heavy atom. The molecule has 0 radical (unpaired) electrons. The lowest BCUT2D eigenvalue weighted by atomic mass is 9.87. The second kappa shape index (κ2) is 14.8. The molecule has 0 aliphatic carbocycles. The number of allylic oxidation sites excluding steroid dienone is 2. The van der Waals surface area contributed by atoms with Gasteiger partial charge in [-0.3, -0.25) is 9.59 Å². The summed E-state index contributed by atoms with van der Waals surface area (Å²) in [5, 5.41) is 13.8. The number of aliphatic hydroxyl groups excluding tert-OH is 1. The van der Waals surface area contributed by atoms with Gasteiger partial charge in [0.2, 0.25) is 11.8 Å². The topological polar surface area (TPSA) is 153 Å². The fourth-order valence-corrected chi connectivity index (χ4v) is 6.16. The smallest absolute Gasteiger partial charge is 0.410 e. The molecular formula is C32H49N3O8. The highest BCUT2D eigenvalue weighted by Crippen LogP contribution is 2.43. The summed E-state index contributed by atoms with van der Waals surface area (Å²) in [5.41, 5.74) is 5.71. The van der Waals surface area contributed by atoms with Gasteiger partial charge in [-0.15, -0.1) is 0 Å². The van der Waals surface area contributed by atoms with Crippen LogP contribution in [0.4, 0.5) is 4.79 Å². The number of amides is 3. The Labute approximate surface area is 254 Å². The second-order valence-corrected chi connectivity index (χ2v) is 12.6. The number of aliphatic hydroxyl groups is 1. The minimum Gasteiger partial charge on any atom is -0.442 e. The number of hydrogen-bond donors (Lipinski definition) is 3. The van der Waals surface area contributed by atoms with Crippen LogP contribution in [0, 0.1) is 5.92 Å². The number of nitrogens with two attached hydrogens (primary N) is 1. The minimum absolute atomic E-state index is 0.00383. The molecular weight excluding hydrogens is 554 g/mol. The van der Waals surface area contributed by atoms with Crippen molar-refractivity contribution in [3.63, 3.8) is 0 Å². The number of ether oxygens (including phenoxy) is 4. The fraction of sp³-hybridized carbons (Fsp3) is 0.719. The van der Waals surface area contributed by atoms with Crippen molar-refractivity contribution in [1.82, 2.24) is 10.2 Å². The highest BCUT2D eigenvalue weighted by atomic mass is 16.6. The van der Waals surface area contributed by atoms with Crippen molar-refractivity contribution in [2.45, 2.75) is 121 Å². The van der Waals surface area contributed by atoms with Crippen LogP contribution in [0.5, 0.6) is 0 Å². The number of carbonyl (C=O) groups excluding carboxylic acids is 3. The predicted molar refractivity (Wildman–Crippen MR) is 160 cm³/mol. The number of carbonyl (C=O) groups is 3. The summed E-state index contributed by atoms with van der Waals surface area (Å²) in [5.74, 6) is -0.463. The van der Waals surface area contributed by atoms with E-state index in [-0.39, 0.29) is 48.7 Å². The van der Waals surface area contributed by atoms with E-state index < -0.39 is 29.8 Å². The molecule has 4 fully saturated rings. The molecule has 0 aromatic heterocycles. The molecule has 4 aliphatic heterocycles. The highest BCUT2D eigenvalue weighted by Gasteiger charge is 2.58. The Kier molecular flexibility index (Phi) is 11.4. The predicted octanol–water partition coefficient (Wildman–Crippen LogP) is 2.91. The molecule has 0 aromatic carbocycles. The highest BCUT2D eigenvalue weighted by molar-refractivity contribution is 5.87. The number of epoxide rings is 1. The van der Waals surface area contributed by atoms with Crippen molar-refractivity contribution in [3.05, 3.63) is 36.0 Å². The SMILES string of the molecule is CC(/C=C/[C@H]1O[C@H](CC(N)=O)C[C@@]2(CO2)C1O)=C\C[C@@H]1O[C@H](C)[C@H](NC(=O)/C=C\[C@H](C)OC(=O)N2CCCCC2)C[C@@H]1C. The van der Waals surface area contributed by atoms with Crippen LogP contribution in [-0.4, -0.2) is 95.9 Å². The largest absolute Gasteiger partial charge is 0.442 e. The van der Waals surface area contributed by atoms with E-state index >= 15 is 0 Å². The van der Waals surface area contributed by atoms with Gasteiger partial charge in [-0.1, -0.05) is 30.7 Å². The summed E-state index contributed by atoms with van der Waals surface area (Å²) in [6, 6.07) is -0.130. The third-order valence-electron chi connectivity index (χ3n) is 8.90. The molecule has 3 amide bonds. The molecule has 43 heavy (non-hydrogen) atoms. The lowest BCUT2D eigenvalue weighted by Gasteiger charge is -2.39. The van der Waals surface area contributed by atoms with E-state index in [4.69, 9.17) is 24.7 Å². The average molecular weight is 604 g/mol. The Hall–Kier alpha value is -2.73. The number of piperidine rings is 1. The number of nitrogens with zero attached hydrogens (tertiary/aromatic N) is 1. The first-order valence-corrected chi connectivity index (χ1v) is 15.7. The Balaban J connectivity index is 1.21. The van der Waals surface area contributed by atoms with Crippen molar-refractivity contribution in [2.75, 3.05) is 19.7 Å². The van der Waals surface area contributed by atoms with Gasteiger partial charge in [0.25, 0.3) is 0 Å². The molecule has 240 valence electrons. The maximum Gasteiger partial charge on any atom is 0.410 e. The molecule has 4 heterocycles. The van der Waals surface area contributed by atoms with Crippen molar-refractivity contribution in [3.8, 4) is 0 Å². The quantitative estimate of drug-likeness (QED) is 0.196. The zero-order valence-electron chi connectivity index (χ0n) is 25.9. The zero-order chi connectivity index (χ0) is 31.1. The van der Waals surface area contributed by atoms with E-state index in [1.54, 1.807) is 17.9 Å². The first-order chi connectivity index (χ1) is 20.5. The van der Waals surface area contributed by atoms with Crippen LogP contribution in [0.2, 0.25) is 0 Å². The number of primary amides is 1. The van der Waals surface area contributed by atoms with Crippen LogP contribution in [0.15, 0.2) is 36.0 Å². The molecule has 11 nitrogen and oxygen atoms in total. The van der Waals surface area contributed by atoms with Crippen molar-refractivity contribution in [1.29, 1.82) is 0 Å². The minimum atomic E-state index is -0.803. The molecule has 4 saturated heterocycles. The monoisotopic (exact) mass is 603 g/mol. The molecule has 0 bridgehead atoms. The molecule has 4 N–H and O–H groups in total. The summed E-state index contributed by atoms with van der Waals surface area (Å²) >= 11 is 0. The number of rotatable bonds is 10. The Bertz CT molecular complexity index is 1080. The van der Waals surface area contributed by atoms with Gasteiger partial charge in [-0.2, -0.15) is 0 Å². The van der Waals surface area contributed by atoms with Gasteiger partial charge >= 0.3 is 6.09 Å². The Morgan fingerprint density at radius 3 is 2.56 bits per heavy atom. The van der Waals surface area contributed by atoms with Crippen LogP contribution in [0.25, 0.3) is 0 Å². The van der Waals surface area contributed by atoms with Crippen LogP contribution < -0.4 is 11.1 Å². The summed E-state index contributed by atoms with van der Waals surface area (Å²) < 4.78 is 23.2. The average Bonchev–Trinajstić information content (AvgIpc) is 3.74. The number of nitrogens with one attached hydrogen (secondary N) is 1. The molecule has 9 atom stereocenters. The maximum atomic E-state index is 12.6. The van der Waals surface area contributed by atoms with Gasteiger partial charge in [0, 0.05) is 25.6 Å². The summed E-state index contributed by atoms with van der Waals surface area (Å²) in [7, 11) is 0. The summed E-state index contributed by atoms with van der Waals surface area (Å²) in [6.45, 7) is 9.70. The van der Waals surface area contributed by atoms with Gasteiger partial charge in [-0.25, -0.2) is 4.79 Å². The first kappa shape index (κ1) is 33.2. The van der Waals surface area contributed by atoms with E-state index in [2.05, 4.69) is 18.3 Å². The summed E-state index contributed by atoms with van der Waals surface area (Å²) in [6.07, 6.45) is 11.2. The molecule has 11 heteroatoms. The molecule has 1 unspecified atom stereocenters. The lowest BCUT2D eigenvalue weighted by molar-refractivity contribution is -0.143. The number of hydrogen-bond acceptors (Lipinski definition) is 8. The van der Waals surface area contributed by atoms with Crippen LogP contribution >= 0.6 is 0 Å². The van der Waals surface area contributed by atoms with Gasteiger partial charge < -0.3 is 40.0 Å². The van der Waals surface area contributed by atoms with E-state index in [9.17, 15) is 19.5 Å². The molecule has 0 aromatic rings. The molecule has 0 saturated carbocycles. The van der Waals surface area contributed by atoms with Gasteiger partial charge in [0.15, 0.2) is 0 Å². The second-order valence-electron chi connectivity index (χ2n) is 12.6. The van der Waals surface area contributed by atoms with Gasteiger partial charge in [0.1, 0.15) is 23.9 Å². The molecule has 1 spiro atoms. The van der Waals surface area contributed by atoms with Crippen LogP contribution in [-0.2, 0) is 28.5 Å². The third-order valence-corrected chi connectivity index (χ3v) is 8.90. The third kappa shape index (κ3) is 9.38. The molecule has 4 aliphatic rings. The Morgan fingerprint density at radius 2 is 1.88 bits per heavy atom. The molecule has 4 rings (SSSR count).